The van der Waals surface area contributed by atoms with Crippen LogP contribution in [0.25, 0.3) is 11.0 Å². The number of rotatable bonds is 3. The van der Waals surface area contributed by atoms with Gasteiger partial charge in [0.2, 0.25) is 0 Å². The number of benzene rings is 1. The third-order valence-electron chi connectivity index (χ3n) is 2.49. The van der Waals surface area contributed by atoms with E-state index in [0.717, 1.165) is 16.5 Å². The molecule has 0 saturated heterocycles. The molecule has 1 heterocycles. The molecule has 0 amide bonds. The lowest BCUT2D eigenvalue weighted by atomic mass is 10.1. The lowest BCUT2D eigenvalue weighted by Gasteiger charge is -2.01. The molecule has 0 aliphatic carbocycles. The quantitative estimate of drug-likeness (QED) is 0.839. The van der Waals surface area contributed by atoms with Gasteiger partial charge in [-0.2, -0.15) is 0 Å². The maximum Gasteiger partial charge on any atom is 0.159 e. The van der Waals surface area contributed by atoms with Gasteiger partial charge in [0.25, 0.3) is 0 Å². The number of halogens is 1. The molecule has 0 spiro atoms. The molecule has 15 heavy (non-hydrogen) atoms. The summed E-state index contributed by atoms with van der Waals surface area (Å²) in [5, 5.41) is 0.949. The van der Waals surface area contributed by atoms with Crippen molar-refractivity contribution < 1.29 is 8.81 Å². The van der Waals surface area contributed by atoms with Crippen LogP contribution in [0.2, 0.25) is 0 Å². The minimum atomic E-state index is -1.10. The molecule has 3 heteroatoms. The van der Waals surface area contributed by atoms with Gasteiger partial charge in [-0.05, 0) is 31.5 Å². The second-order valence-electron chi connectivity index (χ2n) is 3.69. The highest BCUT2D eigenvalue weighted by molar-refractivity contribution is 5.80. The van der Waals surface area contributed by atoms with Gasteiger partial charge in [0.1, 0.15) is 11.3 Å². The number of alkyl halides is 1. The Hall–Kier alpha value is -1.35. The lowest BCUT2D eigenvalue weighted by molar-refractivity contribution is 0.280. The van der Waals surface area contributed by atoms with Crippen molar-refractivity contribution in [3.05, 3.63) is 35.6 Å². The third-order valence-corrected chi connectivity index (χ3v) is 2.49. The van der Waals surface area contributed by atoms with E-state index in [0.29, 0.717) is 18.7 Å². The molecule has 1 aromatic heterocycles. The third kappa shape index (κ3) is 1.88. The molecule has 0 bridgehead atoms. The average molecular weight is 207 g/mol. The van der Waals surface area contributed by atoms with Crippen LogP contribution in [0.15, 0.2) is 28.7 Å². The van der Waals surface area contributed by atoms with E-state index >= 15 is 0 Å². The monoisotopic (exact) mass is 207 g/mol. The van der Waals surface area contributed by atoms with Crippen molar-refractivity contribution in [3.8, 4) is 0 Å². The van der Waals surface area contributed by atoms with E-state index in [1.54, 1.807) is 6.07 Å². The van der Waals surface area contributed by atoms with Crippen LogP contribution in [0.4, 0.5) is 4.39 Å². The van der Waals surface area contributed by atoms with E-state index in [4.69, 9.17) is 10.2 Å². The van der Waals surface area contributed by atoms with Crippen molar-refractivity contribution in [2.75, 3.05) is 6.54 Å². The molecule has 80 valence electrons. The first-order chi connectivity index (χ1) is 7.22. The smallest absolute Gasteiger partial charge is 0.159 e. The highest BCUT2D eigenvalue weighted by atomic mass is 19.1. The van der Waals surface area contributed by atoms with E-state index < -0.39 is 6.17 Å². The molecule has 1 aromatic carbocycles. The fourth-order valence-corrected chi connectivity index (χ4v) is 1.67. The number of para-hydroxylation sites is 1. The van der Waals surface area contributed by atoms with Gasteiger partial charge in [0.15, 0.2) is 6.17 Å². The Labute approximate surface area is 87.9 Å². The van der Waals surface area contributed by atoms with E-state index in [-0.39, 0.29) is 0 Å². The largest absolute Gasteiger partial charge is 0.458 e. The van der Waals surface area contributed by atoms with Crippen LogP contribution in [0.1, 0.15) is 23.9 Å². The maximum absolute atomic E-state index is 13.5. The summed E-state index contributed by atoms with van der Waals surface area (Å²) in [6.45, 7) is 2.28. The molecule has 2 nitrogen and oxygen atoms in total. The summed E-state index contributed by atoms with van der Waals surface area (Å²) < 4.78 is 19.0. The van der Waals surface area contributed by atoms with E-state index in [1.807, 2.05) is 25.1 Å². The summed E-state index contributed by atoms with van der Waals surface area (Å²) in [7, 11) is 0. The van der Waals surface area contributed by atoms with E-state index in [1.165, 1.54) is 0 Å². The van der Waals surface area contributed by atoms with Crippen LogP contribution in [-0.2, 0) is 0 Å². The molecule has 0 aliphatic heterocycles. The minimum absolute atomic E-state index is 0.304. The van der Waals surface area contributed by atoms with Crippen molar-refractivity contribution in [2.45, 2.75) is 19.5 Å². The molecule has 0 aliphatic rings. The molecule has 2 aromatic rings. The van der Waals surface area contributed by atoms with Gasteiger partial charge in [-0.1, -0.05) is 18.2 Å². The van der Waals surface area contributed by atoms with Crippen LogP contribution >= 0.6 is 0 Å². The summed E-state index contributed by atoms with van der Waals surface area (Å²) in [6, 6.07) is 7.56. The number of hydrogen-bond donors (Lipinski definition) is 1. The average Bonchev–Trinajstić information content (AvgIpc) is 2.63. The van der Waals surface area contributed by atoms with Gasteiger partial charge in [-0.15, -0.1) is 0 Å². The zero-order chi connectivity index (χ0) is 10.8. The normalized spacial score (nSPS) is 13.3. The first-order valence-electron chi connectivity index (χ1n) is 5.05. The number of aryl methyl sites for hydroxylation is 1. The van der Waals surface area contributed by atoms with Crippen LogP contribution in [-0.4, -0.2) is 6.54 Å². The number of fused-ring (bicyclic) bond motifs is 1. The molecule has 2 rings (SSSR count). The Bertz CT molecular complexity index is 464. The van der Waals surface area contributed by atoms with E-state index in [9.17, 15) is 4.39 Å². The fourth-order valence-electron chi connectivity index (χ4n) is 1.67. The Morgan fingerprint density at radius 1 is 1.47 bits per heavy atom. The van der Waals surface area contributed by atoms with Crippen molar-refractivity contribution in [1.29, 1.82) is 0 Å². The van der Waals surface area contributed by atoms with Crippen LogP contribution in [0.3, 0.4) is 0 Å². The van der Waals surface area contributed by atoms with Gasteiger partial charge in [0.05, 0.1) is 0 Å². The molecule has 0 saturated carbocycles. The first kappa shape index (κ1) is 10.2. The van der Waals surface area contributed by atoms with Crippen molar-refractivity contribution in [2.24, 2.45) is 5.73 Å². The van der Waals surface area contributed by atoms with Crippen molar-refractivity contribution in [1.82, 2.24) is 0 Å². The number of nitrogens with two attached hydrogens (primary N) is 1. The van der Waals surface area contributed by atoms with Crippen molar-refractivity contribution >= 4 is 11.0 Å². The molecule has 0 radical (unpaired) electrons. The zero-order valence-electron chi connectivity index (χ0n) is 8.66. The topological polar surface area (TPSA) is 39.2 Å². The van der Waals surface area contributed by atoms with Gasteiger partial charge < -0.3 is 10.2 Å². The van der Waals surface area contributed by atoms with Gasteiger partial charge in [-0.25, -0.2) is 4.39 Å². The predicted molar refractivity (Wildman–Crippen MR) is 58.5 cm³/mol. The van der Waals surface area contributed by atoms with E-state index in [2.05, 4.69) is 0 Å². The van der Waals surface area contributed by atoms with Crippen LogP contribution in [0.5, 0.6) is 0 Å². The second-order valence-corrected chi connectivity index (χ2v) is 3.69. The predicted octanol–water partition coefficient (Wildman–Crippen LogP) is 3.10. The molecule has 2 N–H and O–H groups in total. The molecular formula is C12H14FNO. The molecule has 0 fully saturated rings. The molecular weight excluding hydrogens is 193 g/mol. The van der Waals surface area contributed by atoms with Crippen molar-refractivity contribution in [3.63, 3.8) is 0 Å². The fraction of sp³-hybridized carbons (Fsp3) is 0.333. The Morgan fingerprint density at radius 2 is 2.27 bits per heavy atom. The second kappa shape index (κ2) is 4.03. The van der Waals surface area contributed by atoms with Crippen LogP contribution in [0, 0.1) is 6.92 Å². The van der Waals surface area contributed by atoms with Gasteiger partial charge in [0, 0.05) is 5.39 Å². The number of hydrogen-bond acceptors (Lipinski definition) is 2. The highest BCUT2D eigenvalue weighted by Crippen LogP contribution is 2.29. The summed E-state index contributed by atoms with van der Waals surface area (Å²) in [5.74, 6) is 0.379. The highest BCUT2D eigenvalue weighted by Gasteiger charge is 2.14. The summed E-state index contributed by atoms with van der Waals surface area (Å²) in [6.07, 6.45) is -0.791. The maximum atomic E-state index is 13.5. The lowest BCUT2D eigenvalue weighted by Crippen LogP contribution is -2.02. The first-order valence-corrected chi connectivity index (χ1v) is 5.05. The Balaban J connectivity index is 2.43. The standard InChI is InChI=1S/C12H14FNO/c1-8-3-2-4-9-7-11(15-12(8)9)10(13)5-6-14/h2-4,7,10H,5-6,14H2,1H3. The van der Waals surface area contributed by atoms with Gasteiger partial charge in [-0.3, -0.25) is 0 Å². The van der Waals surface area contributed by atoms with Crippen LogP contribution < -0.4 is 5.73 Å². The Morgan fingerprint density at radius 3 is 2.93 bits per heavy atom. The molecule has 1 unspecified atom stereocenters. The summed E-state index contributed by atoms with van der Waals surface area (Å²) in [5.41, 5.74) is 7.11. The molecule has 1 atom stereocenters. The Kier molecular flexibility index (Phi) is 2.73. The summed E-state index contributed by atoms with van der Waals surface area (Å²) >= 11 is 0. The number of furan rings is 1. The SMILES string of the molecule is Cc1cccc2cc(C(F)CCN)oc12. The zero-order valence-corrected chi connectivity index (χ0v) is 8.66. The summed E-state index contributed by atoms with van der Waals surface area (Å²) in [4.78, 5) is 0. The minimum Gasteiger partial charge on any atom is -0.458 e. The van der Waals surface area contributed by atoms with Gasteiger partial charge >= 0.3 is 0 Å².